The van der Waals surface area contributed by atoms with Crippen LogP contribution < -0.4 is 10.2 Å². The first-order chi connectivity index (χ1) is 12.9. The zero-order chi connectivity index (χ0) is 19.2. The number of carbonyl (C=O) groups is 2. The minimum absolute atomic E-state index is 0.335. The molecule has 0 spiro atoms. The molecule has 0 radical (unpaired) electrons. The molecule has 27 heavy (non-hydrogen) atoms. The molecule has 2 aromatic carbocycles. The van der Waals surface area contributed by atoms with Crippen LogP contribution in [-0.4, -0.2) is 18.4 Å². The molecule has 1 saturated carbocycles. The zero-order valence-corrected chi connectivity index (χ0v) is 14.4. The normalized spacial score (nSPS) is 17.2. The number of para-hydroxylation sites is 1. The molecule has 4 nitrogen and oxygen atoms in total. The Bertz CT molecular complexity index is 941. The first-order valence-corrected chi connectivity index (χ1v) is 8.79. The molecule has 1 aliphatic carbocycles. The maximum atomic E-state index is 13.9. The molecule has 2 aliphatic rings. The fourth-order valence-corrected chi connectivity index (χ4v) is 3.53. The van der Waals surface area contributed by atoms with E-state index in [1.165, 1.54) is 0 Å². The highest BCUT2D eigenvalue weighted by Crippen LogP contribution is 2.49. The molecule has 0 bridgehead atoms. The fraction of sp³-hybridized carbons (Fsp3) is 0.300. The van der Waals surface area contributed by atoms with Gasteiger partial charge in [-0.05, 0) is 49.4 Å². The third-order valence-electron chi connectivity index (χ3n) is 5.23. The van der Waals surface area contributed by atoms with Crippen molar-refractivity contribution in [3.8, 4) is 0 Å². The monoisotopic (exact) mass is 374 g/mol. The van der Waals surface area contributed by atoms with Crippen LogP contribution in [0.3, 0.4) is 0 Å². The summed E-state index contributed by atoms with van der Waals surface area (Å²) in [6.07, 6.45) is 2.32. The molecule has 1 aliphatic heterocycles. The summed E-state index contributed by atoms with van der Waals surface area (Å²) in [5, 5.41) is 2.26. The summed E-state index contributed by atoms with van der Waals surface area (Å²) < 4.78 is 40.3. The molecule has 2 aromatic rings. The second-order valence-electron chi connectivity index (χ2n) is 6.95. The van der Waals surface area contributed by atoms with E-state index in [1.54, 1.807) is 4.90 Å². The van der Waals surface area contributed by atoms with E-state index in [1.807, 2.05) is 24.3 Å². The maximum Gasteiger partial charge on any atom is 0.242 e. The van der Waals surface area contributed by atoms with Crippen molar-refractivity contribution in [3.63, 3.8) is 0 Å². The van der Waals surface area contributed by atoms with Crippen LogP contribution in [-0.2, 0) is 16.0 Å². The van der Waals surface area contributed by atoms with Gasteiger partial charge in [0, 0.05) is 12.2 Å². The van der Waals surface area contributed by atoms with Crippen molar-refractivity contribution in [2.75, 3.05) is 16.8 Å². The summed E-state index contributed by atoms with van der Waals surface area (Å²) in [5.41, 5.74) is 0.0608. The lowest BCUT2D eigenvalue weighted by molar-refractivity contribution is -0.132. The molecule has 140 valence electrons. The molecule has 1 heterocycles. The highest BCUT2D eigenvalue weighted by atomic mass is 19.2. The number of rotatable bonds is 3. The smallest absolute Gasteiger partial charge is 0.242 e. The molecule has 4 rings (SSSR count). The number of benzene rings is 2. The lowest BCUT2D eigenvalue weighted by atomic mass is 9.97. The van der Waals surface area contributed by atoms with Crippen molar-refractivity contribution >= 4 is 23.2 Å². The van der Waals surface area contributed by atoms with Crippen LogP contribution in [0.5, 0.6) is 0 Å². The van der Waals surface area contributed by atoms with Gasteiger partial charge in [-0.1, -0.05) is 18.2 Å². The number of nitrogens with one attached hydrogen (secondary N) is 1. The summed E-state index contributed by atoms with van der Waals surface area (Å²) in [4.78, 5) is 27.4. The lowest BCUT2D eigenvalue weighted by Crippen LogP contribution is -2.45. The van der Waals surface area contributed by atoms with Gasteiger partial charge in [0.25, 0.3) is 0 Å². The second kappa shape index (κ2) is 6.40. The Morgan fingerprint density at radius 2 is 1.74 bits per heavy atom. The highest BCUT2D eigenvalue weighted by molar-refractivity contribution is 6.18. The Morgan fingerprint density at radius 1 is 1.00 bits per heavy atom. The largest absolute Gasteiger partial charge is 0.323 e. The van der Waals surface area contributed by atoms with Gasteiger partial charge in [-0.2, -0.15) is 0 Å². The minimum atomic E-state index is -1.66. The van der Waals surface area contributed by atoms with E-state index in [2.05, 4.69) is 5.32 Å². The number of amides is 2. The van der Waals surface area contributed by atoms with Crippen LogP contribution >= 0.6 is 0 Å². The zero-order valence-electron chi connectivity index (χ0n) is 14.4. The van der Waals surface area contributed by atoms with Crippen molar-refractivity contribution in [2.45, 2.75) is 25.7 Å². The van der Waals surface area contributed by atoms with Crippen molar-refractivity contribution in [2.24, 2.45) is 5.41 Å². The van der Waals surface area contributed by atoms with E-state index in [9.17, 15) is 22.8 Å². The Morgan fingerprint density at radius 3 is 2.48 bits per heavy atom. The second-order valence-corrected chi connectivity index (χ2v) is 6.95. The molecular weight excluding hydrogens is 357 g/mol. The molecule has 1 N–H and O–H groups in total. The number of aryl methyl sites for hydroxylation is 1. The number of nitrogens with zero attached hydrogens (tertiary/aromatic N) is 1. The minimum Gasteiger partial charge on any atom is -0.323 e. The fourth-order valence-electron chi connectivity index (χ4n) is 3.53. The standard InChI is InChI=1S/C20H17F3N2O2/c21-13-7-8-14(17(23)16(13)22)24-18(26)20(9-10-20)19(27)25-11-3-5-12-4-1-2-6-15(12)25/h1-2,4,6-8H,3,5,9-11H2,(H,24,26). The molecule has 2 amide bonds. The number of anilines is 2. The first kappa shape index (κ1) is 17.6. The molecule has 0 aromatic heterocycles. The van der Waals surface area contributed by atoms with Crippen LogP contribution in [0.25, 0.3) is 0 Å². The van der Waals surface area contributed by atoms with Crippen LogP contribution in [0.4, 0.5) is 24.5 Å². The Labute approximate surface area is 154 Å². The molecular formula is C20H17F3N2O2. The van der Waals surface area contributed by atoms with Gasteiger partial charge in [-0.15, -0.1) is 0 Å². The van der Waals surface area contributed by atoms with Gasteiger partial charge < -0.3 is 10.2 Å². The van der Waals surface area contributed by atoms with Crippen LogP contribution in [0.2, 0.25) is 0 Å². The van der Waals surface area contributed by atoms with E-state index in [4.69, 9.17) is 0 Å². The van der Waals surface area contributed by atoms with Gasteiger partial charge in [0.1, 0.15) is 5.41 Å². The summed E-state index contributed by atoms with van der Waals surface area (Å²) >= 11 is 0. The van der Waals surface area contributed by atoms with Gasteiger partial charge in [0.15, 0.2) is 17.5 Å². The Hall–Kier alpha value is -2.83. The van der Waals surface area contributed by atoms with Gasteiger partial charge >= 0.3 is 0 Å². The Kier molecular flexibility index (Phi) is 4.17. The molecule has 7 heteroatoms. The molecule has 0 atom stereocenters. The van der Waals surface area contributed by atoms with Crippen LogP contribution in [0, 0.1) is 22.9 Å². The van der Waals surface area contributed by atoms with Crippen LogP contribution in [0.1, 0.15) is 24.8 Å². The number of fused-ring (bicyclic) bond motifs is 1. The number of halogens is 3. The van der Waals surface area contributed by atoms with Crippen molar-refractivity contribution in [1.29, 1.82) is 0 Å². The van der Waals surface area contributed by atoms with Gasteiger partial charge in [0.2, 0.25) is 11.8 Å². The summed E-state index contributed by atoms with van der Waals surface area (Å²) in [6.45, 7) is 0.504. The lowest BCUT2D eigenvalue weighted by Gasteiger charge is -2.32. The topological polar surface area (TPSA) is 49.4 Å². The summed E-state index contributed by atoms with van der Waals surface area (Å²) in [7, 11) is 0. The summed E-state index contributed by atoms with van der Waals surface area (Å²) in [6, 6.07) is 9.21. The third-order valence-corrected chi connectivity index (χ3v) is 5.23. The SMILES string of the molecule is O=C(Nc1ccc(F)c(F)c1F)C1(C(=O)N2CCCc3ccccc32)CC1. The average Bonchev–Trinajstić information content (AvgIpc) is 3.49. The van der Waals surface area contributed by atoms with E-state index in [0.717, 1.165) is 36.2 Å². The number of carbonyl (C=O) groups excluding carboxylic acids is 2. The van der Waals surface area contributed by atoms with E-state index in [0.29, 0.717) is 19.4 Å². The predicted molar refractivity (Wildman–Crippen MR) is 93.7 cm³/mol. The summed E-state index contributed by atoms with van der Waals surface area (Å²) in [5.74, 6) is -5.51. The average molecular weight is 374 g/mol. The Balaban J connectivity index is 1.58. The van der Waals surface area contributed by atoms with E-state index in [-0.39, 0.29) is 5.91 Å². The molecule has 0 saturated heterocycles. The molecule has 0 unspecified atom stereocenters. The van der Waals surface area contributed by atoms with Crippen LogP contribution in [0.15, 0.2) is 36.4 Å². The van der Waals surface area contributed by atoms with Gasteiger partial charge in [0.05, 0.1) is 5.69 Å². The number of hydrogen-bond acceptors (Lipinski definition) is 2. The van der Waals surface area contributed by atoms with Crippen molar-refractivity contribution in [1.82, 2.24) is 0 Å². The van der Waals surface area contributed by atoms with Crippen molar-refractivity contribution < 1.29 is 22.8 Å². The van der Waals surface area contributed by atoms with Crippen molar-refractivity contribution in [3.05, 3.63) is 59.4 Å². The molecule has 1 fully saturated rings. The maximum absolute atomic E-state index is 13.9. The van der Waals surface area contributed by atoms with Gasteiger partial charge in [-0.25, -0.2) is 13.2 Å². The van der Waals surface area contributed by atoms with E-state index < -0.39 is 34.5 Å². The highest BCUT2D eigenvalue weighted by Gasteiger charge is 2.58. The predicted octanol–water partition coefficient (Wildman–Crippen LogP) is 3.80. The van der Waals surface area contributed by atoms with E-state index >= 15 is 0 Å². The number of hydrogen-bond donors (Lipinski definition) is 1. The quantitative estimate of drug-likeness (QED) is 0.656. The van der Waals surface area contributed by atoms with Gasteiger partial charge in [-0.3, -0.25) is 9.59 Å². The first-order valence-electron chi connectivity index (χ1n) is 8.79. The third kappa shape index (κ3) is 2.87.